The molecule has 156 valence electrons. The van der Waals surface area contributed by atoms with Crippen LogP contribution in [0, 0.1) is 5.92 Å². The molecule has 0 saturated carbocycles. The van der Waals surface area contributed by atoms with Crippen LogP contribution in [-0.2, 0) is 14.6 Å². The highest BCUT2D eigenvalue weighted by Crippen LogP contribution is 2.32. The first-order valence-corrected chi connectivity index (χ1v) is 10.5. The maximum Gasteiger partial charge on any atom is 0.341 e. The SMILES string of the molecule is CC(C)C(N(C)C)[C@](N)(C(=O)O)S(=O)(=O)c1ccc(N=Nc2ccccc2)cc1. The molecule has 0 aliphatic heterocycles. The van der Waals surface area contributed by atoms with Crippen molar-refractivity contribution in [3.8, 4) is 0 Å². The van der Waals surface area contributed by atoms with Crippen LogP contribution >= 0.6 is 0 Å². The summed E-state index contributed by atoms with van der Waals surface area (Å²) in [6, 6.07) is 13.7. The molecular formula is C20H26N4O4S. The van der Waals surface area contributed by atoms with Crippen LogP contribution in [0.3, 0.4) is 0 Å². The van der Waals surface area contributed by atoms with Crippen LogP contribution in [0.5, 0.6) is 0 Å². The van der Waals surface area contributed by atoms with Crippen LogP contribution in [0.4, 0.5) is 11.4 Å². The molecule has 2 aromatic carbocycles. The van der Waals surface area contributed by atoms with Crippen molar-refractivity contribution in [3.63, 3.8) is 0 Å². The molecule has 3 N–H and O–H groups in total. The fourth-order valence-corrected chi connectivity index (χ4v) is 5.29. The van der Waals surface area contributed by atoms with E-state index in [-0.39, 0.29) is 10.8 Å². The molecule has 0 bridgehead atoms. The zero-order chi connectivity index (χ0) is 21.8. The summed E-state index contributed by atoms with van der Waals surface area (Å²) in [5, 5.41) is 17.9. The monoisotopic (exact) mass is 418 g/mol. The zero-order valence-corrected chi connectivity index (χ0v) is 17.7. The van der Waals surface area contributed by atoms with E-state index in [1.807, 2.05) is 18.2 Å². The lowest BCUT2D eigenvalue weighted by molar-refractivity contribution is -0.142. The Morgan fingerprint density at radius 3 is 1.90 bits per heavy atom. The molecule has 0 aliphatic rings. The molecule has 0 amide bonds. The highest BCUT2D eigenvalue weighted by molar-refractivity contribution is 7.93. The second kappa shape index (κ2) is 8.81. The number of nitrogens with zero attached hydrogens (tertiary/aromatic N) is 3. The predicted octanol–water partition coefficient (Wildman–Crippen LogP) is 3.20. The van der Waals surface area contributed by atoms with Gasteiger partial charge in [-0.1, -0.05) is 32.0 Å². The van der Waals surface area contributed by atoms with Gasteiger partial charge in [0.05, 0.1) is 22.3 Å². The number of sulfone groups is 1. The Kier molecular flexibility index (Phi) is 6.89. The average molecular weight is 419 g/mol. The summed E-state index contributed by atoms with van der Waals surface area (Å²) < 4.78 is 26.5. The number of azo groups is 1. The Hall–Kier alpha value is -2.62. The molecular weight excluding hydrogens is 392 g/mol. The molecule has 0 fully saturated rings. The maximum atomic E-state index is 13.3. The number of benzene rings is 2. The molecule has 0 aromatic heterocycles. The van der Waals surface area contributed by atoms with E-state index in [2.05, 4.69) is 10.2 Å². The van der Waals surface area contributed by atoms with Crippen molar-refractivity contribution in [2.45, 2.75) is 29.7 Å². The predicted molar refractivity (Wildman–Crippen MR) is 111 cm³/mol. The fourth-order valence-electron chi connectivity index (χ4n) is 3.37. The van der Waals surface area contributed by atoms with Gasteiger partial charge in [0, 0.05) is 0 Å². The topological polar surface area (TPSA) is 125 Å². The van der Waals surface area contributed by atoms with E-state index in [0.717, 1.165) is 0 Å². The number of aliphatic carboxylic acids is 1. The van der Waals surface area contributed by atoms with Gasteiger partial charge in [0.25, 0.3) is 0 Å². The van der Waals surface area contributed by atoms with Crippen molar-refractivity contribution in [1.82, 2.24) is 4.90 Å². The fraction of sp³-hybridized carbons (Fsp3) is 0.350. The van der Waals surface area contributed by atoms with E-state index in [1.165, 1.54) is 29.2 Å². The number of likely N-dealkylation sites (N-methyl/N-ethyl adjacent to an activating group) is 1. The summed E-state index contributed by atoms with van der Waals surface area (Å²) in [5.41, 5.74) is 7.18. The Labute approximate surface area is 171 Å². The molecule has 2 atom stereocenters. The summed E-state index contributed by atoms with van der Waals surface area (Å²) in [5.74, 6) is -1.92. The number of rotatable bonds is 8. The van der Waals surface area contributed by atoms with Gasteiger partial charge in [0.1, 0.15) is 0 Å². The molecule has 8 nitrogen and oxygen atoms in total. The van der Waals surface area contributed by atoms with Gasteiger partial charge in [-0.3, -0.25) is 0 Å². The normalized spacial score (nSPS) is 15.6. The van der Waals surface area contributed by atoms with Crippen molar-refractivity contribution in [3.05, 3.63) is 54.6 Å². The molecule has 0 heterocycles. The lowest BCUT2D eigenvalue weighted by atomic mass is 9.95. The summed E-state index contributed by atoms with van der Waals surface area (Å²) in [6.45, 7) is 3.47. The molecule has 0 saturated heterocycles. The number of nitrogens with two attached hydrogens (primary N) is 1. The van der Waals surface area contributed by atoms with Gasteiger partial charge in [-0.15, -0.1) is 0 Å². The first-order chi connectivity index (χ1) is 13.5. The molecule has 0 aliphatic carbocycles. The van der Waals surface area contributed by atoms with Crippen molar-refractivity contribution in [1.29, 1.82) is 0 Å². The summed E-state index contributed by atoms with van der Waals surface area (Å²) >= 11 is 0. The van der Waals surface area contributed by atoms with E-state index in [9.17, 15) is 18.3 Å². The zero-order valence-electron chi connectivity index (χ0n) is 16.9. The third-order valence-corrected chi connectivity index (χ3v) is 6.79. The lowest BCUT2D eigenvalue weighted by Gasteiger charge is -2.39. The second-order valence-electron chi connectivity index (χ2n) is 7.28. The van der Waals surface area contributed by atoms with E-state index < -0.39 is 26.7 Å². The summed E-state index contributed by atoms with van der Waals surface area (Å²) in [7, 11) is -1.19. The molecule has 2 aromatic rings. The van der Waals surface area contributed by atoms with Gasteiger partial charge in [0.2, 0.25) is 14.7 Å². The van der Waals surface area contributed by atoms with Gasteiger partial charge in [-0.05, 0) is 56.4 Å². The molecule has 2 rings (SSSR count). The van der Waals surface area contributed by atoms with Crippen LogP contribution in [-0.4, -0.2) is 49.4 Å². The molecule has 1 unspecified atom stereocenters. The highest BCUT2D eigenvalue weighted by atomic mass is 32.2. The summed E-state index contributed by atoms with van der Waals surface area (Å²) in [4.78, 5) is 10.9. The van der Waals surface area contributed by atoms with Gasteiger partial charge in [0.15, 0.2) is 0 Å². The number of carboxylic acids is 1. The molecule has 0 radical (unpaired) electrons. The molecule has 9 heteroatoms. The smallest absolute Gasteiger partial charge is 0.341 e. The van der Waals surface area contributed by atoms with Gasteiger partial charge >= 0.3 is 5.97 Å². The highest BCUT2D eigenvalue weighted by Gasteiger charge is 2.56. The van der Waals surface area contributed by atoms with Crippen LogP contribution in [0.1, 0.15) is 13.8 Å². The maximum absolute atomic E-state index is 13.3. The molecule has 0 spiro atoms. The van der Waals surface area contributed by atoms with Gasteiger partial charge in [-0.2, -0.15) is 10.2 Å². The Morgan fingerprint density at radius 2 is 1.48 bits per heavy atom. The Bertz CT molecular complexity index is 965. The first-order valence-electron chi connectivity index (χ1n) is 9.02. The van der Waals surface area contributed by atoms with E-state index in [4.69, 9.17) is 5.73 Å². The van der Waals surface area contributed by atoms with Crippen molar-refractivity contribution < 1.29 is 18.3 Å². The lowest BCUT2D eigenvalue weighted by Crippen LogP contribution is -2.68. The third kappa shape index (κ3) is 4.52. The van der Waals surface area contributed by atoms with Crippen molar-refractivity contribution in [2.75, 3.05) is 14.1 Å². The second-order valence-corrected chi connectivity index (χ2v) is 9.44. The minimum atomic E-state index is -4.41. The number of carboxylic acid groups (broad SMARTS) is 1. The largest absolute Gasteiger partial charge is 0.479 e. The third-order valence-electron chi connectivity index (χ3n) is 4.59. The number of hydrogen-bond acceptors (Lipinski definition) is 7. The van der Waals surface area contributed by atoms with E-state index in [1.54, 1.807) is 40.1 Å². The van der Waals surface area contributed by atoms with Crippen LogP contribution < -0.4 is 5.73 Å². The quantitative estimate of drug-likeness (QED) is 0.634. The Morgan fingerprint density at radius 1 is 1.00 bits per heavy atom. The first kappa shape index (κ1) is 22.7. The van der Waals surface area contributed by atoms with Gasteiger partial charge in [-0.25, -0.2) is 13.2 Å². The molecule has 29 heavy (non-hydrogen) atoms. The van der Waals surface area contributed by atoms with Gasteiger partial charge < -0.3 is 15.7 Å². The van der Waals surface area contributed by atoms with Crippen LogP contribution in [0.15, 0.2) is 69.7 Å². The van der Waals surface area contributed by atoms with Crippen molar-refractivity contribution >= 4 is 27.2 Å². The van der Waals surface area contributed by atoms with Crippen LogP contribution in [0.2, 0.25) is 0 Å². The number of hydrogen-bond donors (Lipinski definition) is 2. The minimum absolute atomic E-state index is 0.187. The Balaban J connectivity index is 2.43. The average Bonchev–Trinajstić information content (AvgIpc) is 2.66. The van der Waals surface area contributed by atoms with E-state index >= 15 is 0 Å². The standard InChI is InChI=1S/C20H26N4O4S/c1-14(2)18(24(3)4)20(21,19(25)26)29(27,28)17-12-10-16(11-13-17)23-22-15-8-6-5-7-9-15/h5-14,18H,21H2,1-4H3,(H,25,26)/t18?,20-/m1/s1. The number of carbonyl (C=O) groups is 1. The van der Waals surface area contributed by atoms with E-state index in [0.29, 0.717) is 11.4 Å². The van der Waals surface area contributed by atoms with Crippen molar-refractivity contribution in [2.24, 2.45) is 21.9 Å². The minimum Gasteiger partial charge on any atom is -0.479 e. The summed E-state index contributed by atoms with van der Waals surface area (Å²) in [6.07, 6.45) is 0. The van der Waals surface area contributed by atoms with Crippen LogP contribution in [0.25, 0.3) is 0 Å².